The molecule has 0 saturated heterocycles. The van der Waals surface area contributed by atoms with Gasteiger partial charge in [0, 0.05) is 17.1 Å². The van der Waals surface area contributed by atoms with Gasteiger partial charge >= 0.3 is 0 Å². The van der Waals surface area contributed by atoms with Gasteiger partial charge in [-0.3, -0.25) is 4.79 Å². The van der Waals surface area contributed by atoms with E-state index in [1.54, 1.807) is 36.4 Å². The van der Waals surface area contributed by atoms with Crippen molar-refractivity contribution in [3.05, 3.63) is 101 Å². The number of amides is 1. The highest BCUT2D eigenvalue weighted by atomic mass is 35.5. The number of carbonyl (C=O) groups excluding carboxylic acids is 1. The normalized spacial score (nSPS) is 12.8. The molecule has 0 heterocycles. The number of aliphatic hydroxyl groups is 1. The maximum Gasteiger partial charge on any atom is 0.265 e. The van der Waals surface area contributed by atoms with Crippen LogP contribution in [0.3, 0.4) is 0 Å². The summed E-state index contributed by atoms with van der Waals surface area (Å²) in [6, 6.07) is 25.3. The second-order valence-electron chi connectivity index (χ2n) is 6.03. The molecule has 5 heteroatoms. The summed E-state index contributed by atoms with van der Waals surface area (Å²) >= 11 is 5.86. The maximum atomic E-state index is 12.8. The van der Waals surface area contributed by atoms with Crippen LogP contribution in [-0.4, -0.2) is 17.6 Å². The molecular formula is C22H20ClNO3. The summed E-state index contributed by atoms with van der Waals surface area (Å²) in [7, 11) is 0. The average molecular weight is 382 g/mol. The lowest BCUT2D eigenvalue weighted by molar-refractivity contribution is -0.128. The Morgan fingerprint density at radius 2 is 1.48 bits per heavy atom. The van der Waals surface area contributed by atoms with Crippen molar-refractivity contribution in [1.29, 1.82) is 0 Å². The van der Waals surface area contributed by atoms with E-state index in [0.717, 1.165) is 5.56 Å². The van der Waals surface area contributed by atoms with Gasteiger partial charge in [-0.25, -0.2) is 0 Å². The molecule has 3 rings (SSSR count). The summed E-state index contributed by atoms with van der Waals surface area (Å²) in [6.45, 7) is 0.0714. The van der Waals surface area contributed by atoms with Crippen molar-refractivity contribution in [1.82, 2.24) is 5.32 Å². The molecule has 27 heavy (non-hydrogen) atoms. The molecule has 2 atom stereocenters. The Morgan fingerprint density at radius 1 is 0.889 bits per heavy atom. The average Bonchev–Trinajstić information content (AvgIpc) is 2.72. The minimum absolute atomic E-state index is 0.0714. The van der Waals surface area contributed by atoms with Crippen LogP contribution in [0.2, 0.25) is 5.02 Å². The number of carbonyl (C=O) groups is 1. The molecule has 4 nitrogen and oxygen atoms in total. The standard InChI is InChI=1S/C22H20ClNO3/c23-18-13-11-16(12-14-18)20(25)15-24-22(26)21(17-7-3-1-4-8-17)27-19-9-5-2-6-10-19/h1-14,20-21,25H,15H2,(H,24,26). The Hall–Kier alpha value is -2.82. The van der Waals surface area contributed by atoms with Crippen LogP contribution in [0.5, 0.6) is 5.75 Å². The number of aliphatic hydroxyl groups excluding tert-OH is 1. The third-order valence-corrected chi connectivity index (χ3v) is 4.31. The molecule has 0 radical (unpaired) electrons. The van der Waals surface area contributed by atoms with Gasteiger partial charge in [-0.05, 0) is 29.8 Å². The first kappa shape index (κ1) is 19.0. The van der Waals surface area contributed by atoms with E-state index in [-0.39, 0.29) is 12.5 Å². The van der Waals surface area contributed by atoms with E-state index < -0.39 is 12.2 Å². The molecule has 0 fully saturated rings. The molecule has 0 saturated carbocycles. The minimum Gasteiger partial charge on any atom is -0.476 e. The van der Waals surface area contributed by atoms with Gasteiger partial charge in [0.05, 0.1) is 6.10 Å². The van der Waals surface area contributed by atoms with E-state index in [9.17, 15) is 9.90 Å². The van der Waals surface area contributed by atoms with Crippen molar-refractivity contribution in [3.63, 3.8) is 0 Å². The molecule has 0 bridgehead atoms. The quantitative estimate of drug-likeness (QED) is 0.641. The lowest BCUT2D eigenvalue weighted by atomic mass is 10.1. The number of hydrogen-bond acceptors (Lipinski definition) is 3. The van der Waals surface area contributed by atoms with Crippen molar-refractivity contribution < 1.29 is 14.6 Å². The Labute approximate surface area is 163 Å². The summed E-state index contributed by atoms with van der Waals surface area (Å²) in [4.78, 5) is 12.8. The van der Waals surface area contributed by atoms with E-state index in [1.807, 2.05) is 48.5 Å². The third kappa shape index (κ3) is 5.33. The fourth-order valence-corrected chi connectivity index (χ4v) is 2.75. The fourth-order valence-electron chi connectivity index (χ4n) is 2.63. The van der Waals surface area contributed by atoms with Gasteiger partial charge < -0.3 is 15.2 Å². The van der Waals surface area contributed by atoms with E-state index in [2.05, 4.69) is 5.32 Å². The molecule has 3 aromatic rings. The fraction of sp³-hybridized carbons (Fsp3) is 0.136. The van der Waals surface area contributed by atoms with Gasteiger partial charge in [0.1, 0.15) is 5.75 Å². The Kier molecular flexibility index (Phi) is 6.47. The van der Waals surface area contributed by atoms with E-state index in [1.165, 1.54) is 0 Å². The number of ether oxygens (including phenoxy) is 1. The Balaban J connectivity index is 1.70. The van der Waals surface area contributed by atoms with Crippen LogP contribution in [0.15, 0.2) is 84.9 Å². The smallest absolute Gasteiger partial charge is 0.265 e. The summed E-state index contributed by atoms with van der Waals surface area (Å²) in [5, 5.41) is 13.7. The first-order valence-corrected chi connectivity index (χ1v) is 8.99. The van der Waals surface area contributed by atoms with Gasteiger partial charge in [0.25, 0.3) is 5.91 Å². The van der Waals surface area contributed by atoms with E-state index in [4.69, 9.17) is 16.3 Å². The van der Waals surface area contributed by atoms with E-state index >= 15 is 0 Å². The van der Waals surface area contributed by atoms with Crippen LogP contribution in [-0.2, 0) is 4.79 Å². The number of nitrogens with one attached hydrogen (secondary N) is 1. The third-order valence-electron chi connectivity index (χ3n) is 4.06. The lowest BCUT2D eigenvalue weighted by Crippen LogP contribution is -2.35. The van der Waals surface area contributed by atoms with Crippen molar-refractivity contribution in [3.8, 4) is 5.75 Å². The van der Waals surface area contributed by atoms with Gasteiger partial charge in [-0.2, -0.15) is 0 Å². The van der Waals surface area contributed by atoms with Gasteiger partial charge in [-0.1, -0.05) is 72.3 Å². The monoisotopic (exact) mass is 381 g/mol. The number of para-hydroxylation sites is 1. The molecule has 2 unspecified atom stereocenters. The maximum absolute atomic E-state index is 12.8. The minimum atomic E-state index is -0.834. The topological polar surface area (TPSA) is 58.6 Å². The zero-order valence-electron chi connectivity index (χ0n) is 14.6. The van der Waals surface area contributed by atoms with Crippen LogP contribution in [0, 0.1) is 0 Å². The van der Waals surface area contributed by atoms with Crippen LogP contribution in [0.1, 0.15) is 23.3 Å². The van der Waals surface area contributed by atoms with Crippen LogP contribution in [0.25, 0.3) is 0 Å². The summed E-state index contributed by atoms with van der Waals surface area (Å²) < 4.78 is 5.90. The van der Waals surface area contributed by atoms with Crippen LogP contribution < -0.4 is 10.1 Å². The number of hydrogen-bond donors (Lipinski definition) is 2. The molecule has 0 aliphatic carbocycles. The van der Waals surface area contributed by atoms with Crippen molar-refractivity contribution in [2.24, 2.45) is 0 Å². The lowest BCUT2D eigenvalue weighted by Gasteiger charge is -2.20. The molecule has 138 valence electrons. The van der Waals surface area contributed by atoms with E-state index in [0.29, 0.717) is 16.3 Å². The molecule has 0 spiro atoms. The molecule has 2 N–H and O–H groups in total. The zero-order chi connectivity index (χ0) is 19.1. The molecule has 0 aliphatic heterocycles. The Morgan fingerprint density at radius 3 is 2.11 bits per heavy atom. The number of halogens is 1. The molecule has 3 aromatic carbocycles. The zero-order valence-corrected chi connectivity index (χ0v) is 15.3. The van der Waals surface area contributed by atoms with Crippen molar-refractivity contribution in [2.75, 3.05) is 6.54 Å². The van der Waals surface area contributed by atoms with Gasteiger partial charge in [0.2, 0.25) is 6.10 Å². The molecule has 1 amide bonds. The Bertz CT molecular complexity index is 854. The highest BCUT2D eigenvalue weighted by Gasteiger charge is 2.23. The largest absolute Gasteiger partial charge is 0.476 e. The highest BCUT2D eigenvalue weighted by molar-refractivity contribution is 6.30. The number of benzene rings is 3. The first-order chi connectivity index (χ1) is 13.1. The molecular weight excluding hydrogens is 362 g/mol. The summed E-state index contributed by atoms with van der Waals surface area (Å²) in [5.74, 6) is 0.276. The SMILES string of the molecule is O=C(NCC(O)c1ccc(Cl)cc1)C(Oc1ccccc1)c1ccccc1. The predicted octanol–water partition coefficient (Wildman–Crippen LogP) is 4.31. The molecule has 0 aromatic heterocycles. The highest BCUT2D eigenvalue weighted by Crippen LogP contribution is 2.22. The second kappa shape index (κ2) is 9.21. The number of rotatable bonds is 7. The first-order valence-electron chi connectivity index (χ1n) is 8.61. The van der Waals surface area contributed by atoms with Gasteiger partial charge in [-0.15, -0.1) is 0 Å². The van der Waals surface area contributed by atoms with Crippen molar-refractivity contribution in [2.45, 2.75) is 12.2 Å². The van der Waals surface area contributed by atoms with Crippen LogP contribution >= 0.6 is 11.6 Å². The predicted molar refractivity (Wildman–Crippen MR) is 106 cm³/mol. The summed E-state index contributed by atoms with van der Waals surface area (Å²) in [6.07, 6.45) is -1.65. The summed E-state index contributed by atoms with van der Waals surface area (Å²) in [5.41, 5.74) is 1.42. The van der Waals surface area contributed by atoms with Gasteiger partial charge in [0.15, 0.2) is 0 Å². The molecule has 0 aliphatic rings. The second-order valence-corrected chi connectivity index (χ2v) is 6.47. The van der Waals surface area contributed by atoms with Crippen molar-refractivity contribution >= 4 is 17.5 Å². The van der Waals surface area contributed by atoms with Crippen LogP contribution in [0.4, 0.5) is 0 Å².